The molecule has 0 saturated heterocycles. The van der Waals surface area contributed by atoms with Crippen molar-refractivity contribution in [3.05, 3.63) is 71.3 Å². The SMILES string of the molecule is COC(=O)c1c2c(c3ccccc3c1OC)O[C@@]1(C)Cc3cc(O[Si](C)(C)C(C)(C)C)c4ccccc4c3O[C@@H]21. The molecule has 0 N–H and O–H groups in total. The third kappa shape index (κ3) is 3.78. The van der Waals surface area contributed by atoms with E-state index in [-0.39, 0.29) is 5.04 Å². The summed E-state index contributed by atoms with van der Waals surface area (Å²) in [6.45, 7) is 13.3. The summed E-state index contributed by atoms with van der Waals surface area (Å²) in [4.78, 5) is 13.3. The molecule has 208 valence electrons. The van der Waals surface area contributed by atoms with E-state index >= 15 is 0 Å². The number of esters is 1. The minimum absolute atomic E-state index is 0.0538. The highest BCUT2D eigenvalue weighted by Gasteiger charge is 2.54. The normalized spacial score (nSPS) is 19.8. The molecular weight excluding hydrogens is 520 g/mol. The van der Waals surface area contributed by atoms with Crippen LogP contribution in [0.15, 0.2) is 54.6 Å². The first kappa shape index (κ1) is 26.5. The van der Waals surface area contributed by atoms with Crippen LogP contribution in [-0.4, -0.2) is 34.1 Å². The zero-order chi connectivity index (χ0) is 28.6. The maximum atomic E-state index is 13.3. The van der Waals surface area contributed by atoms with Crippen LogP contribution in [-0.2, 0) is 11.2 Å². The molecule has 2 heterocycles. The lowest BCUT2D eigenvalue weighted by Gasteiger charge is -2.39. The minimum Gasteiger partial charge on any atom is -0.543 e. The number of hydrogen-bond donors (Lipinski definition) is 0. The largest absolute Gasteiger partial charge is 0.543 e. The second kappa shape index (κ2) is 8.90. The van der Waals surface area contributed by atoms with Crippen molar-refractivity contribution in [2.24, 2.45) is 0 Å². The molecule has 0 aromatic heterocycles. The predicted molar refractivity (Wildman–Crippen MR) is 160 cm³/mol. The summed E-state index contributed by atoms with van der Waals surface area (Å²) in [5, 5.41) is 3.71. The van der Waals surface area contributed by atoms with Crippen molar-refractivity contribution in [3.8, 4) is 23.0 Å². The Morgan fingerprint density at radius 1 is 0.950 bits per heavy atom. The molecule has 4 aromatic carbocycles. The molecule has 40 heavy (non-hydrogen) atoms. The Labute approximate surface area is 236 Å². The van der Waals surface area contributed by atoms with Crippen LogP contribution in [0.5, 0.6) is 23.0 Å². The average molecular weight is 557 g/mol. The number of rotatable bonds is 4. The molecular formula is C33H36O6Si. The number of methoxy groups -OCH3 is 2. The topological polar surface area (TPSA) is 63.2 Å². The van der Waals surface area contributed by atoms with Crippen molar-refractivity contribution in [1.82, 2.24) is 0 Å². The summed E-state index contributed by atoms with van der Waals surface area (Å²) in [5.74, 6) is 2.29. The Morgan fingerprint density at radius 2 is 1.55 bits per heavy atom. The number of carbonyl (C=O) groups excluding carboxylic acids is 1. The first-order chi connectivity index (χ1) is 18.9. The van der Waals surface area contributed by atoms with Crippen molar-refractivity contribution in [2.75, 3.05) is 14.2 Å². The third-order valence-corrected chi connectivity index (χ3v) is 13.2. The molecule has 6 rings (SSSR count). The number of carbonyl (C=O) groups is 1. The highest BCUT2D eigenvalue weighted by atomic mass is 28.4. The first-order valence-electron chi connectivity index (χ1n) is 13.7. The Morgan fingerprint density at radius 3 is 2.15 bits per heavy atom. The van der Waals surface area contributed by atoms with E-state index in [1.54, 1.807) is 7.11 Å². The second-order valence-electron chi connectivity index (χ2n) is 12.5. The van der Waals surface area contributed by atoms with Gasteiger partial charge < -0.3 is 23.4 Å². The van der Waals surface area contributed by atoms with Gasteiger partial charge in [0.15, 0.2) is 11.7 Å². The van der Waals surface area contributed by atoms with Crippen LogP contribution in [0.25, 0.3) is 21.5 Å². The van der Waals surface area contributed by atoms with Gasteiger partial charge in [-0.2, -0.15) is 0 Å². The average Bonchev–Trinajstić information content (AvgIpc) is 3.22. The van der Waals surface area contributed by atoms with Crippen molar-refractivity contribution in [2.45, 2.75) is 64.0 Å². The van der Waals surface area contributed by atoms with Crippen molar-refractivity contribution >= 4 is 35.8 Å². The smallest absolute Gasteiger partial charge is 0.342 e. The van der Waals surface area contributed by atoms with E-state index in [2.05, 4.69) is 52.1 Å². The van der Waals surface area contributed by atoms with Gasteiger partial charge in [0.1, 0.15) is 28.6 Å². The quantitative estimate of drug-likeness (QED) is 0.187. The third-order valence-electron chi connectivity index (χ3n) is 8.89. The monoisotopic (exact) mass is 556 g/mol. The van der Waals surface area contributed by atoms with E-state index in [1.165, 1.54) is 7.11 Å². The highest BCUT2D eigenvalue weighted by Crippen LogP contribution is 2.58. The minimum atomic E-state index is -2.11. The van der Waals surface area contributed by atoms with E-state index < -0.39 is 26.0 Å². The molecule has 0 saturated carbocycles. The number of fused-ring (bicyclic) bond motifs is 8. The Balaban J connectivity index is 1.57. The summed E-state index contributed by atoms with van der Waals surface area (Å²) in [6, 6.07) is 18.1. The van der Waals surface area contributed by atoms with Crippen LogP contribution in [0.1, 0.15) is 55.3 Å². The molecule has 0 amide bonds. The van der Waals surface area contributed by atoms with Crippen LogP contribution in [0.2, 0.25) is 18.1 Å². The fourth-order valence-corrected chi connectivity index (χ4v) is 6.85. The highest BCUT2D eigenvalue weighted by molar-refractivity contribution is 6.74. The van der Waals surface area contributed by atoms with Gasteiger partial charge in [0.2, 0.25) is 0 Å². The van der Waals surface area contributed by atoms with Crippen LogP contribution in [0.4, 0.5) is 0 Å². The molecule has 0 aliphatic carbocycles. The van der Waals surface area contributed by atoms with Gasteiger partial charge in [-0.3, -0.25) is 0 Å². The van der Waals surface area contributed by atoms with E-state index in [1.807, 2.05) is 43.3 Å². The van der Waals surface area contributed by atoms with E-state index in [0.717, 1.165) is 38.6 Å². The van der Waals surface area contributed by atoms with Gasteiger partial charge in [-0.05, 0) is 31.1 Å². The van der Waals surface area contributed by atoms with Gasteiger partial charge in [-0.1, -0.05) is 69.3 Å². The summed E-state index contributed by atoms with van der Waals surface area (Å²) >= 11 is 0. The maximum Gasteiger partial charge on any atom is 0.342 e. The fourth-order valence-electron chi connectivity index (χ4n) is 5.83. The van der Waals surface area contributed by atoms with Gasteiger partial charge in [0.25, 0.3) is 8.32 Å². The van der Waals surface area contributed by atoms with E-state index in [0.29, 0.717) is 29.0 Å². The summed E-state index contributed by atoms with van der Waals surface area (Å²) in [5.41, 5.74) is 1.28. The van der Waals surface area contributed by atoms with Gasteiger partial charge in [-0.15, -0.1) is 0 Å². The van der Waals surface area contributed by atoms with Crippen LogP contribution in [0, 0.1) is 0 Å². The van der Waals surface area contributed by atoms with Gasteiger partial charge in [0, 0.05) is 33.5 Å². The molecule has 0 fully saturated rings. The number of ether oxygens (including phenoxy) is 4. The molecule has 0 radical (unpaired) electrons. The zero-order valence-electron chi connectivity index (χ0n) is 24.4. The molecule has 0 unspecified atom stereocenters. The summed E-state index contributed by atoms with van der Waals surface area (Å²) in [6.07, 6.45) is 0.0376. The van der Waals surface area contributed by atoms with Gasteiger partial charge in [0.05, 0.1) is 19.8 Å². The van der Waals surface area contributed by atoms with Crippen LogP contribution < -0.4 is 18.6 Å². The summed E-state index contributed by atoms with van der Waals surface area (Å²) < 4.78 is 31.6. The molecule has 7 heteroatoms. The van der Waals surface area contributed by atoms with Gasteiger partial charge in [-0.25, -0.2) is 4.79 Å². The lowest BCUT2D eigenvalue weighted by molar-refractivity contribution is -0.0121. The fraction of sp³-hybridized carbons (Fsp3) is 0.364. The number of hydrogen-bond acceptors (Lipinski definition) is 6. The Bertz CT molecular complexity index is 1680. The van der Waals surface area contributed by atoms with Crippen LogP contribution >= 0.6 is 0 Å². The van der Waals surface area contributed by atoms with Crippen molar-refractivity contribution in [3.63, 3.8) is 0 Å². The molecule has 2 aliphatic heterocycles. The maximum absolute atomic E-state index is 13.3. The molecule has 4 aromatic rings. The summed E-state index contributed by atoms with van der Waals surface area (Å²) in [7, 11) is 0.847. The Hall–Kier alpha value is -3.71. The lowest BCUT2D eigenvalue weighted by Crippen LogP contribution is -2.44. The van der Waals surface area contributed by atoms with Gasteiger partial charge >= 0.3 is 5.97 Å². The first-order valence-corrected chi connectivity index (χ1v) is 16.6. The van der Waals surface area contributed by atoms with E-state index in [9.17, 15) is 4.79 Å². The standard InChI is InChI=1S/C33H36O6Si/c1-32(2,3)40(7,8)39-24-17-19-18-33(4)30(37-27(19)21-14-10-9-13-20(21)24)25-26(31(34)36-6)28(35-5)22-15-11-12-16-23(22)29(25)38-33/h9-17,30H,18H2,1-8H3/t30-,33-/m0/s1. The Kier molecular flexibility index (Phi) is 5.90. The molecule has 2 atom stereocenters. The van der Waals surface area contributed by atoms with E-state index in [4.69, 9.17) is 23.4 Å². The molecule has 0 bridgehead atoms. The molecule has 0 spiro atoms. The van der Waals surface area contributed by atoms with Crippen molar-refractivity contribution in [1.29, 1.82) is 0 Å². The lowest BCUT2D eigenvalue weighted by atomic mass is 9.83. The number of benzene rings is 4. The molecule has 6 nitrogen and oxygen atoms in total. The zero-order valence-corrected chi connectivity index (χ0v) is 25.4. The van der Waals surface area contributed by atoms with Crippen molar-refractivity contribution < 1.29 is 28.2 Å². The predicted octanol–water partition coefficient (Wildman–Crippen LogP) is 8.00. The molecule has 2 aliphatic rings. The van der Waals surface area contributed by atoms with Crippen LogP contribution in [0.3, 0.4) is 0 Å². The second-order valence-corrected chi connectivity index (χ2v) is 17.3.